The van der Waals surface area contributed by atoms with Crippen molar-refractivity contribution in [2.75, 3.05) is 18.8 Å². The van der Waals surface area contributed by atoms with E-state index in [2.05, 4.69) is 5.32 Å². The van der Waals surface area contributed by atoms with E-state index in [1.807, 2.05) is 0 Å². The van der Waals surface area contributed by atoms with Crippen molar-refractivity contribution < 1.29 is 13.2 Å². The fourth-order valence-electron chi connectivity index (χ4n) is 1.52. The summed E-state index contributed by atoms with van der Waals surface area (Å²) in [6.07, 6.45) is 0. The predicted molar refractivity (Wildman–Crippen MR) is 46.3 cm³/mol. The van der Waals surface area contributed by atoms with Crippen LogP contribution in [0.25, 0.3) is 0 Å². The Hall–Kier alpha value is -1.23. The molecule has 14 heavy (non-hydrogen) atoms. The summed E-state index contributed by atoms with van der Waals surface area (Å²) >= 11 is 0. The Labute approximate surface area is 78.9 Å². The van der Waals surface area contributed by atoms with Gasteiger partial charge >= 0.3 is 0 Å². The maximum atomic E-state index is 13.3. The van der Waals surface area contributed by atoms with Crippen molar-refractivity contribution in [2.24, 2.45) is 0 Å². The van der Waals surface area contributed by atoms with Crippen LogP contribution in [0.15, 0.2) is 6.07 Å². The highest BCUT2D eigenvalue weighted by atomic mass is 19.2. The number of hydrogen-bond donors (Lipinski definition) is 2. The molecule has 1 aromatic rings. The van der Waals surface area contributed by atoms with E-state index in [1.54, 1.807) is 0 Å². The second-order valence-corrected chi connectivity index (χ2v) is 3.34. The Morgan fingerprint density at radius 3 is 2.36 bits per heavy atom. The molecule has 5 heteroatoms. The zero-order chi connectivity index (χ0) is 10.3. The van der Waals surface area contributed by atoms with Gasteiger partial charge in [0.25, 0.3) is 0 Å². The quantitative estimate of drug-likeness (QED) is 0.533. The molecule has 76 valence electrons. The molecule has 0 saturated carbocycles. The number of hydrogen-bond acceptors (Lipinski definition) is 2. The summed E-state index contributed by atoms with van der Waals surface area (Å²) in [7, 11) is 0. The fraction of sp³-hybridized carbons (Fsp3) is 0.333. The van der Waals surface area contributed by atoms with E-state index in [9.17, 15) is 13.2 Å². The minimum atomic E-state index is -1.18. The average molecular weight is 202 g/mol. The molecule has 0 amide bonds. The third kappa shape index (κ3) is 1.24. The molecule has 0 atom stereocenters. The summed E-state index contributed by atoms with van der Waals surface area (Å²) in [6, 6.07) is 0.472. The summed E-state index contributed by atoms with van der Waals surface area (Å²) in [5, 5.41) is 2.89. The molecule has 3 N–H and O–H groups in total. The summed E-state index contributed by atoms with van der Waals surface area (Å²) in [6.45, 7) is 1.01. The molecule has 1 heterocycles. The summed E-state index contributed by atoms with van der Waals surface area (Å²) in [4.78, 5) is 0. The van der Waals surface area contributed by atoms with Crippen LogP contribution in [-0.4, -0.2) is 13.1 Å². The molecule has 2 nitrogen and oxygen atoms in total. The Balaban J connectivity index is 2.54. The highest BCUT2D eigenvalue weighted by Gasteiger charge is 2.28. The lowest BCUT2D eigenvalue weighted by atomic mass is 9.91. The first-order valence-corrected chi connectivity index (χ1v) is 4.25. The van der Waals surface area contributed by atoms with Crippen LogP contribution in [0.1, 0.15) is 11.5 Å². The van der Waals surface area contributed by atoms with E-state index in [1.165, 1.54) is 0 Å². The van der Waals surface area contributed by atoms with Gasteiger partial charge in [0, 0.05) is 30.6 Å². The zero-order valence-electron chi connectivity index (χ0n) is 7.28. The van der Waals surface area contributed by atoms with Gasteiger partial charge in [-0.25, -0.2) is 13.2 Å². The molecular weight excluding hydrogens is 193 g/mol. The van der Waals surface area contributed by atoms with E-state index in [4.69, 9.17) is 5.73 Å². The SMILES string of the molecule is Nc1c(F)cc(F)c(F)c1C1CNC1. The molecule has 1 aliphatic heterocycles. The van der Waals surface area contributed by atoms with Crippen LogP contribution in [0.2, 0.25) is 0 Å². The number of nitrogen functional groups attached to an aromatic ring is 1. The van der Waals surface area contributed by atoms with Crippen molar-refractivity contribution in [1.29, 1.82) is 0 Å². The third-order valence-electron chi connectivity index (χ3n) is 2.44. The summed E-state index contributed by atoms with van der Waals surface area (Å²) in [5.41, 5.74) is 5.03. The molecule has 0 unspecified atom stereocenters. The number of nitrogens with two attached hydrogens (primary N) is 1. The van der Waals surface area contributed by atoms with Gasteiger partial charge in [-0.1, -0.05) is 0 Å². The van der Waals surface area contributed by atoms with Crippen molar-refractivity contribution in [2.45, 2.75) is 5.92 Å². The average Bonchev–Trinajstić information content (AvgIpc) is 2.06. The second-order valence-electron chi connectivity index (χ2n) is 3.34. The van der Waals surface area contributed by atoms with Crippen molar-refractivity contribution in [3.8, 4) is 0 Å². The highest BCUT2D eigenvalue weighted by Crippen LogP contribution is 2.31. The monoisotopic (exact) mass is 202 g/mol. The van der Waals surface area contributed by atoms with Crippen LogP contribution in [-0.2, 0) is 0 Å². The normalized spacial score (nSPS) is 16.8. The first-order valence-electron chi connectivity index (χ1n) is 4.25. The van der Waals surface area contributed by atoms with Gasteiger partial charge in [0.2, 0.25) is 0 Å². The summed E-state index contributed by atoms with van der Waals surface area (Å²) < 4.78 is 39.1. The van der Waals surface area contributed by atoms with Crippen LogP contribution in [0.3, 0.4) is 0 Å². The molecule has 1 fully saturated rings. The van der Waals surface area contributed by atoms with Crippen LogP contribution in [0.4, 0.5) is 18.9 Å². The largest absolute Gasteiger partial charge is 0.396 e. The van der Waals surface area contributed by atoms with Crippen LogP contribution in [0, 0.1) is 17.5 Å². The Morgan fingerprint density at radius 2 is 1.86 bits per heavy atom. The lowest BCUT2D eigenvalue weighted by Gasteiger charge is -2.28. The molecule has 1 aromatic carbocycles. The topological polar surface area (TPSA) is 38.0 Å². The molecule has 0 radical (unpaired) electrons. The fourth-order valence-corrected chi connectivity index (χ4v) is 1.52. The van der Waals surface area contributed by atoms with Crippen molar-refractivity contribution in [1.82, 2.24) is 5.32 Å². The Morgan fingerprint density at radius 1 is 1.21 bits per heavy atom. The molecular formula is C9H9F3N2. The van der Waals surface area contributed by atoms with E-state index in [0.29, 0.717) is 19.2 Å². The van der Waals surface area contributed by atoms with Crippen LogP contribution >= 0.6 is 0 Å². The molecule has 1 aliphatic rings. The van der Waals surface area contributed by atoms with Crippen LogP contribution in [0.5, 0.6) is 0 Å². The molecule has 0 aromatic heterocycles. The lowest BCUT2D eigenvalue weighted by Crippen LogP contribution is -2.41. The van der Waals surface area contributed by atoms with Gasteiger partial charge in [0.05, 0.1) is 5.69 Å². The van der Waals surface area contributed by atoms with Gasteiger partial charge in [0.1, 0.15) is 5.82 Å². The van der Waals surface area contributed by atoms with Gasteiger partial charge in [-0.15, -0.1) is 0 Å². The number of rotatable bonds is 1. The van der Waals surface area contributed by atoms with Gasteiger partial charge in [0.15, 0.2) is 11.6 Å². The van der Waals surface area contributed by atoms with E-state index in [-0.39, 0.29) is 17.2 Å². The van der Waals surface area contributed by atoms with Gasteiger partial charge < -0.3 is 11.1 Å². The Kier molecular flexibility index (Phi) is 2.11. The maximum Gasteiger partial charge on any atom is 0.164 e. The molecule has 2 rings (SSSR count). The molecule has 1 saturated heterocycles. The third-order valence-corrected chi connectivity index (χ3v) is 2.44. The minimum Gasteiger partial charge on any atom is -0.396 e. The first kappa shape index (κ1) is 9.33. The predicted octanol–water partition coefficient (Wildman–Crippen LogP) is 1.37. The second kappa shape index (κ2) is 3.16. The molecule has 0 spiro atoms. The van der Waals surface area contributed by atoms with E-state index < -0.39 is 17.5 Å². The lowest BCUT2D eigenvalue weighted by molar-refractivity contribution is 0.413. The number of nitrogens with one attached hydrogen (secondary N) is 1. The summed E-state index contributed by atoms with van der Waals surface area (Å²) in [5.74, 6) is -3.33. The molecule has 0 bridgehead atoms. The van der Waals surface area contributed by atoms with Crippen molar-refractivity contribution >= 4 is 5.69 Å². The molecule has 0 aliphatic carbocycles. The standard InChI is InChI=1S/C9H9F3N2/c10-5-1-6(11)9(13)7(8(5)12)4-2-14-3-4/h1,4,14H,2-3,13H2. The minimum absolute atomic E-state index is 0.0405. The number of anilines is 1. The first-order chi connectivity index (χ1) is 6.61. The van der Waals surface area contributed by atoms with Crippen LogP contribution < -0.4 is 11.1 Å². The Bertz CT molecular complexity index is 349. The zero-order valence-corrected chi connectivity index (χ0v) is 7.28. The van der Waals surface area contributed by atoms with Crippen molar-refractivity contribution in [3.05, 3.63) is 29.1 Å². The highest BCUT2D eigenvalue weighted by molar-refractivity contribution is 5.52. The van der Waals surface area contributed by atoms with Gasteiger partial charge in [-0.05, 0) is 0 Å². The number of halogens is 3. The van der Waals surface area contributed by atoms with Crippen molar-refractivity contribution in [3.63, 3.8) is 0 Å². The maximum absolute atomic E-state index is 13.3. The smallest absolute Gasteiger partial charge is 0.164 e. The van der Waals surface area contributed by atoms with E-state index in [0.717, 1.165) is 0 Å². The van der Waals surface area contributed by atoms with Gasteiger partial charge in [-0.3, -0.25) is 0 Å². The van der Waals surface area contributed by atoms with Gasteiger partial charge in [-0.2, -0.15) is 0 Å². The van der Waals surface area contributed by atoms with E-state index >= 15 is 0 Å². The number of benzene rings is 1.